The van der Waals surface area contributed by atoms with Crippen LogP contribution in [-0.2, 0) is 19.4 Å². The Morgan fingerprint density at radius 3 is 2.83 bits per heavy atom. The Bertz CT molecular complexity index is 1050. The highest BCUT2D eigenvalue weighted by atomic mass is 16.1. The number of ketones is 1. The number of carbonyl (C=O) groups is 1. The van der Waals surface area contributed by atoms with Crippen molar-refractivity contribution < 1.29 is 4.79 Å². The Labute approximate surface area is 170 Å². The van der Waals surface area contributed by atoms with Crippen LogP contribution in [0.15, 0.2) is 48.7 Å². The van der Waals surface area contributed by atoms with Gasteiger partial charge in [0.2, 0.25) is 5.95 Å². The molecule has 29 heavy (non-hydrogen) atoms. The number of carbonyl (C=O) groups excluding carboxylic acids is 1. The molecule has 3 aromatic rings. The third-order valence-corrected chi connectivity index (χ3v) is 5.28. The minimum absolute atomic E-state index is 0.0290. The zero-order valence-corrected chi connectivity index (χ0v) is 16.8. The zero-order chi connectivity index (χ0) is 20.4. The first-order chi connectivity index (χ1) is 14.0. The number of hydrogen-bond donors (Lipinski definition) is 1. The van der Waals surface area contributed by atoms with Gasteiger partial charge < -0.3 is 10.6 Å². The summed E-state index contributed by atoms with van der Waals surface area (Å²) in [6, 6.07) is 13.9. The van der Waals surface area contributed by atoms with E-state index in [-0.39, 0.29) is 5.78 Å². The second-order valence-electron chi connectivity index (χ2n) is 7.75. The number of hydrogen-bond acceptors (Lipinski definition) is 6. The molecule has 1 aromatic carbocycles. The van der Waals surface area contributed by atoms with E-state index in [4.69, 9.17) is 5.73 Å². The molecule has 3 heterocycles. The van der Waals surface area contributed by atoms with Gasteiger partial charge in [-0.15, -0.1) is 0 Å². The molecule has 1 aliphatic rings. The number of anilines is 2. The Kier molecular flexibility index (Phi) is 5.25. The van der Waals surface area contributed by atoms with Gasteiger partial charge in [0.1, 0.15) is 11.5 Å². The van der Waals surface area contributed by atoms with E-state index >= 15 is 0 Å². The summed E-state index contributed by atoms with van der Waals surface area (Å²) < 4.78 is 0. The molecule has 0 unspecified atom stereocenters. The number of Topliss-reactive ketones (excluding diaryl/α,β-unsaturated/α-hetero) is 1. The summed E-state index contributed by atoms with van der Waals surface area (Å²) in [6.07, 6.45) is 2.91. The van der Waals surface area contributed by atoms with E-state index in [0.717, 1.165) is 35.6 Å². The van der Waals surface area contributed by atoms with Crippen LogP contribution in [0.3, 0.4) is 0 Å². The van der Waals surface area contributed by atoms with E-state index in [0.29, 0.717) is 30.5 Å². The van der Waals surface area contributed by atoms with Crippen LogP contribution in [0.25, 0.3) is 0 Å². The number of nitrogen functional groups attached to an aromatic ring is 1. The van der Waals surface area contributed by atoms with E-state index in [2.05, 4.69) is 45.8 Å². The molecule has 0 spiro atoms. The van der Waals surface area contributed by atoms with Gasteiger partial charge in [0.15, 0.2) is 5.78 Å². The van der Waals surface area contributed by atoms with Gasteiger partial charge in [-0.2, -0.15) is 0 Å². The normalized spacial score (nSPS) is 13.4. The number of fused-ring (bicyclic) bond motifs is 1. The molecule has 2 aromatic heterocycles. The fourth-order valence-corrected chi connectivity index (χ4v) is 3.62. The number of nitrogens with zero attached hydrogens (tertiary/aromatic N) is 4. The van der Waals surface area contributed by atoms with Crippen molar-refractivity contribution in [2.75, 3.05) is 17.2 Å². The maximum atomic E-state index is 12.9. The van der Waals surface area contributed by atoms with Crippen molar-refractivity contribution in [1.29, 1.82) is 0 Å². The van der Waals surface area contributed by atoms with Gasteiger partial charge in [0, 0.05) is 37.7 Å². The van der Waals surface area contributed by atoms with Crippen LogP contribution in [0.1, 0.15) is 52.6 Å². The van der Waals surface area contributed by atoms with Crippen molar-refractivity contribution in [1.82, 2.24) is 15.0 Å². The SMILES string of the molecule is CC(C)c1cccc(CC(=O)c2cccc(N3CCc4nc(N)ncc4C3)n2)c1. The minimum atomic E-state index is 0.0290. The van der Waals surface area contributed by atoms with Crippen molar-refractivity contribution in [3.8, 4) is 0 Å². The predicted molar refractivity (Wildman–Crippen MR) is 114 cm³/mol. The number of pyridine rings is 1. The molecule has 0 aliphatic carbocycles. The van der Waals surface area contributed by atoms with Crippen molar-refractivity contribution in [2.45, 2.75) is 39.2 Å². The van der Waals surface area contributed by atoms with E-state index in [1.165, 1.54) is 5.56 Å². The zero-order valence-electron chi connectivity index (χ0n) is 16.8. The van der Waals surface area contributed by atoms with Crippen LogP contribution in [0.4, 0.5) is 11.8 Å². The highest BCUT2D eigenvalue weighted by Crippen LogP contribution is 2.23. The second-order valence-corrected chi connectivity index (χ2v) is 7.75. The van der Waals surface area contributed by atoms with E-state index in [1.54, 1.807) is 12.3 Å². The highest BCUT2D eigenvalue weighted by molar-refractivity contribution is 5.96. The maximum absolute atomic E-state index is 12.9. The van der Waals surface area contributed by atoms with Gasteiger partial charge in [0.25, 0.3) is 0 Å². The monoisotopic (exact) mass is 387 g/mol. The lowest BCUT2D eigenvalue weighted by molar-refractivity contribution is 0.0988. The summed E-state index contributed by atoms with van der Waals surface area (Å²) >= 11 is 0. The van der Waals surface area contributed by atoms with Crippen molar-refractivity contribution in [2.24, 2.45) is 0 Å². The lowest BCUT2D eigenvalue weighted by atomic mass is 9.98. The molecular formula is C23H25N5O. The van der Waals surface area contributed by atoms with Gasteiger partial charge in [-0.1, -0.05) is 44.2 Å². The van der Waals surface area contributed by atoms with Crippen molar-refractivity contribution in [3.63, 3.8) is 0 Å². The first kappa shape index (κ1) is 19.1. The molecule has 0 atom stereocenters. The number of aromatic nitrogens is 3. The quantitative estimate of drug-likeness (QED) is 0.674. The van der Waals surface area contributed by atoms with E-state index < -0.39 is 0 Å². The van der Waals surface area contributed by atoms with Crippen molar-refractivity contribution in [3.05, 3.63) is 76.7 Å². The molecule has 0 amide bonds. The Hall–Kier alpha value is -3.28. The van der Waals surface area contributed by atoms with Crippen LogP contribution in [0.5, 0.6) is 0 Å². The Balaban J connectivity index is 1.51. The summed E-state index contributed by atoms with van der Waals surface area (Å²) in [5.41, 5.74) is 10.5. The third-order valence-electron chi connectivity index (χ3n) is 5.28. The number of rotatable bonds is 5. The van der Waals surface area contributed by atoms with Crippen LogP contribution >= 0.6 is 0 Å². The lowest BCUT2D eigenvalue weighted by Gasteiger charge is -2.29. The molecule has 1 aliphatic heterocycles. The predicted octanol–water partition coefficient (Wildman–Crippen LogP) is 3.57. The topological polar surface area (TPSA) is 85.0 Å². The fourth-order valence-electron chi connectivity index (χ4n) is 3.62. The summed E-state index contributed by atoms with van der Waals surface area (Å²) in [7, 11) is 0. The van der Waals surface area contributed by atoms with Gasteiger partial charge in [-0.05, 0) is 29.2 Å². The van der Waals surface area contributed by atoms with E-state index in [9.17, 15) is 4.79 Å². The number of nitrogens with two attached hydrogens (primary N) is 1. The van der Waals surface area contributed by atoms with Crippen LogP contribution in [-0.4, -0.2) is 27.3 Å². The molecule has 4 rings (SSSR count). The summed E-state index contributed by atoms with van der Waals surface area (Å²) in [5.74, 6) is 1.58. The van der Waals surface area contributed by atoms with Gasteiger partial charge in [0.05, 0.1) is 5.69 Å². The smallest absolute Gasteiger partial charge is 0.220 e. The molecule has 2 N–H and O–H groups in total. The molecule has 0 saturated carbocycles. The average molecular weight is 387 g/mol. The van der Waals surface area contributed by atoms with Crippen LogP contribution in [0.2, 0.25) is 0 Å². The fraction of sp³-hybridized carbons (Fsp3) is 0.304. The van der Waals surface area contributed by atoms with Crippen LogP contribution in [0, 0.1) is 0 Å². The molecule has 0 saturated heterocycles. The summed E-state index contributed by atoms with van der Waals surface area (Å²) in [6.45, 7) is 5.76. The standard InChI is InChI=1S/C23H25N5O/c1-15(2)17-6-3-5-16(11-17)12-21(29)20-7-4-8-22(26-20)28-10-9-19-18(14-28)13-25-23(24)27-19/h3-8,11,13,15H,9-10,12,14H2,1-2H3,(H2,24,25,27). The molecule has 6 nitrogen and oxygen atoms in total. The highest BCUT2D eigenvalue weighted by Gasteiger charge is 2.20. The summed E-state index contributed by atoms with van der Waals surface area (Å²) in [5, 5.41) is 0. The molecule has 0 radical (unpaired) electrons. The number of benzene rings is 1. The first-order valence-electron chi connectivity index (χ1n) is 9.94. The van der Waals surface area contributed by atoms with E-state index in [1.807, 2.05) is 24.3 Å². The van der Waals surface area contributed by atoms with Crippen LogP contribution < -0.4 is 10.6 Å². The van der Waals surface area contributed by atoms with Crippen molar-refractivity contribution >= 4 is 17.5 Å². The second kappa shape index (κ2) is 7.99. The maximum Gasteiger partial charge on any atom is 0.220 e. The largest absolute Gasteiger partial charge is 0.368 e. The Morgan fingerprint density at radius 2 is 2.00 bits per heavy atom. The van der Waals surface area contributed by atoms with Gasteiger partial charge in [-0.3, -0.25) is 4.79 Å². The lowest BCUT2D eigenvalue weighted by Crippen LogP contribution is -2.32. The molecular weight excluding hydrogens is 362 g/mol. The molecule has 6 heteroatoms. The molecule has 0 bridgehead atoms. The molecule has 148 valence electrons. The minimum Gasteiger partial charge on any atom is -0.368 e. The average Bonchev–Trinajstić information content (AvgIpc) is 2.73. The summed E-state index contributed by atoms with van der Waals surface area (Å²) in [4.78, 5) is 28.1. The first-order valence-corrected chi connectivity index (χ1v) is 9.94. The Morgan fingerprint density at radius 1 is 1.17 bits per heavy atom. The van der Waals surface area contributed by atoms with Gasteiger partial charge >= 0.3 is 0 Å². The molecule has 0 fully saturated rings. The van der Waals surface area contributed by atoms with Gasteiger partial charge in [-0.25, -0.2) is 15.0 Å². The third kappa shape index (κ3) is 4.26.